The minimum absolute atomic E-state index is 0.0245. The van der Waals surface area contributed by atoms with E-state index in [0.717, 1.165) is 5.56 Å². The highest BCUT2D eigenvalue weighted by Gasteiger charge is 2.25. The number of hydrogen-bond donors (Lipinski definition) is 3. The average Bonchev–Trinajstić information content (AvgIpc) is 3.45. The fraction of sp³-hybridized carbons (Fsp3) is 0.200. The van der Waals surface area contributed by atoms with Gasteiger partial charge in [0.25, 0.3) is 17.7 Å². The van der Waals surface area contributed by atoms with Crippen LogP contribution in [0.2, 0.25) is 0 Å². The van der Waals surface area contributed by atoms with Crippen molar-refractivity contribution >= 4 is 23.7 Å². The fourth-order valence-corrected chi connectivity index (χ4v) is 3.13. The molecule has 1 atom stereocenters. The van der Waals surface area contributed by atoms with Crippen LogP contribution in [-0.4, -0.2) is 50.6 Å². The van der Waals surface area contributed by atoms with Gasteiger partial charge in [-0.3, -0.25) is 25.2 Å². The number of methoxy groups -OCH3 is 2. The molecule has 0 fully saturated rings. The number of carbonyl (C=O) groups excluding carboxylic acids is 4. The van der Waals surface area contributed by atoms with E-state index < -0.39 is 36.3 Å². The Balaban J connectivity index is 1.55. The van der Waals surface area contributed by atoms with Gasteiger partial charge in [-0.15, -0.1) is 0 Å². The van der Waals surface area contributed by atoms with Crippen LogP contribution in [0.5, 0.6) is 11.5 Å². The van der Waals surface area contributed by atoms with E-state index in [2.05, 4.69) is 16.2 Å². The van der Waals surface area contributed by atoms with Gasteiger partial charge in [0.2, 0.25) is 0 Å². The van der Waals surface area contributed by atoms with Crippen molar-refractivity contribution in [3.05, 3.63) is 83.8 Å². The molecule has 0 unspecified atom stereocenters. The first-order valence-corrected chi connectivity index (χ1v) is 10.8. The van der Waals surface area contributed by atoms with Gasteiger partial charge < -0.3 is 23.9 Å². The Morgan fingerprint density at radius 3 is 2.28 bits per heavy atom. The van der Waals surface area contributed by atoms with Crippen LogP contribution >= 0.6 is 0 Å². The first-order valence-electron chi connectivity index (χ1n) is 10.8. The van der Waals surface area contributed by atoms with Crippen molar-refractivity contribution in [1.82, 2.24) is 16.2 Å². The number of ether oxygens (including phenoxy) is 3. The van der Waals surface area contributed by atoms with Crippen LogP contribution in [0.25, 0.3) is 0 Å². The van der Waals surface area contributed by atoms with Gasteiger partial charge in [0.1, 0.15) is 6.04 Å². The first kappa shape index (κ1) is 25.8. The van der Waals surface area contributed by atoms with Crippen LogP contribution in [0.3, 0.4) is 0 Å². The second kappa shape index (κ2) is 12.6. The topological polar surface area (TPSA) is 145 Å². The van der Waals surface area contributed by atoms with Gasteiger partial charge in [0, 0.05) is 12.0 Å². The molecule has 0 aliphatic heterocycles. The smallest absolute Gasteiger partial charge is 0.329 e. The summed E-state index contributed by atoms with van der Waals surface area (Å²) in [6.07, 6.45) is 1.46. The third-order valence-corrected chi connectivity index (χ3v) is 4.92. The Kier molecular flexibility index (Phi) is 9.04. The Labute approximate surface area is 206 Å². The number of esters is 1. The van der Waals surface area contributed by atoms with E-state index in [1.807, 2.05) is 6.07 Å². The van der Waals surface area contributed by atoms with Crippen molar-refractivity contribution in [1.29, 1.82) is 0 Å². The zero-order valence-corrected chi connectivity index (χ0v) is 19.6. The van der Waals surface area contributed by atoms with Gasteiger partial charge in [-0.05, 0) is 35.9 Å². The molecule has 0 saturated heterocycles. The van der Waals surface area contributed by atoms with Crippen LogP contribution in [0.15, 0.2) is 71.3 Å². The highest BCUT2D eigenvalue weighted by atomic mass is 16.5. The predicted octanol–water partition coefficient (Wildman–Crippen LogP) is 1.64. The second-order valence-corrected chi connectivity index (χ2v) is 7.37. The summed E-state index contributed by atoms with van der Waals surface area (Å²) in [4.78, 5) is 49.5. The van der Waals surface area contributed by atoms with E-state index in [-0.39, 0.29) is 17.7 Å². The second-order valence-electron chi connectivity index (χ2n) is 7.37. The molecule has 188 valence electrons. The molecule has 11 nitrogen and oxygen atoms in total. The first-order chi connectivity index (χ1) is 17.4. The molecule has 0 aliphatic carbocycles. The number of hydrazine groups is 1. The Morgan fingerprint density at radius 1 is 0.861 bits per heavy atom. The summed E-state index contributed by atoms with van der Waals surface area (Å²) in [6, 6.07) is 15.4. The largest absolute Gasteiger partial charge is 0.493 e. The Hall–Kier alpha value is -4.80. The molecule has 1 heterocycles. The number of rotatable bonds is 10. The van der Waals surface area contributed by atoms with Crippen LogP contribution < -0.4 is 25.6 Å². The van der Waals surface area contributed by atoms with Crippen LogP contribution in [-0.2, 0) is 20.7 Å². The standard InChI is InChI=1S/C25H25N3O8/c1-33-19-11-10-17(14-21(19)34-2)23(30)28-27-22(29)15-36-25(32)18(13-16-7-4-3-5-8-16)26-24(31)20-9-6-12-35-20/h3-12,14,18H,13,15H2,1-2H3,(H,26,31)(H,27,29)(H,28,30)/t18-/m0/s1. The highest BCUT2D eigenvalue weighted by molar-refractivity contribution is 5.96. The van der Waals surface area contributed by atoms with Gasteiger partial charge in [0.15, 0.2) is 23.9 Å². The van der Waals surface area contributed by atoms with E-state index in [4.69, 9.17) is 18.6 Å². The van der Waals surface area contributed by atoms with Crippen molar-refractivity contribution in [3.8, 4) is 11.5 Å². The minimum Gasteiger partial charge on any atom is -0.493 e. The van der Waals surface area contributed by atoms with E-state index in [1.165, 1.54) is 38.7 Å². The summed E-state index contributed by atoms with van der Waals surface area (Å²) in [7, 11) is 2.89. The maximum Gasteiger partial charge on any atom is 0.329 e. The number of furan rings is 1. The SMILES string of the molecule is COc1ccc(C(=O)NNC(=O)COC(=O)[C@H](Cc2ccccc2)NC(=O)c2ccco2)cc1OC. The average molecular weight is 495 g/mol. The van der Waals surface area contributed by atoms with Crippen molar-refractivity contribution < 1.29 is 37.8 Å². The minimum atomic E-state index is -1.08. The third-order valence-electron chi connectivity index (χ3n) is 4.92. The molecule has 0 bridgehead atoms. The zero-order chi connectivity index (χ0) is 25.9. The summed E-state index contributed by atoms with van der Waals surface area (Å²) in [6.45, 7) is -0.688. The lowest BCUT2D eigenvalue weighted by atomic mass is 10.1. The molecule has 11 heteroatoms. The Morgan fingerprint density at radius 2 is 1.61 bits per heavy atom. The molecule has 36 heavy (non-hydrogen) atoms. The van der Waals surface area contributed by atoms with Crippen LogP contribution in [0, 0.1) is 0 Å². The molecule has 2 aromatic carbocycles. The van der Waals surface area contributed by atoms with E-state index in [0.29, 0.717) is 11.5 Å². The predicted molar refractivity (Wildman–Crippen MR) is 126 cm³/mol. The summed E-state index contributed by atoms with van der Waals surface area (Å²) in [5.41, 5.74) is 5.36. The highest BCUT2D eigenvalue weighted by Crippen LogP contribution is 2.27. The summed E-state index contributed by atoms with van der Waals surface area (Å²) in [5, 5.41) is 2.55. The quantitative estimate of drug-likeness (QED) is 0.284. The van der Waals surface area contributed by atoms with Gasteiger partial charge in [-0.2, -0.15) is 0 Å². The molecule has 0 aliphatic rings. The van der Waals surface area contributed by atoms with Crippen molar-refractivity contribution in [3.63, 3.8) is 0 Å². The summed E-state index contributed by atoms with van der Waals surface area (Å²) >= 11 is 0. The maximum atomic E-state index is 12.7. The summed E-state index contributed by atoms with van der Waals surface area (Å²) < 4.78 is 20.4. The summed E-state index contributed by atoms with van der Waals surface area (Å²) in [5.74, 6) is -2.04. The lowest BCUT2D eigenvalue weighted by molar-refractivity contribution is -0.150. The van der Waals surface area contributed by atoms with Crippen molar-refractivity contribution in [2.75, 3.05) is 20.8 Å². The van der Waals surface area contributed by atoms with Gasteiger partial charge in [0.05, 0.1) is 20.5 Å². The molecule has 1 aromatic heterocycles. The van der Waals surface area contributed by atoms with Crippen LogP contribution in [0.1, 0.15) is 26.5 Å². The number of nitrogens with one attached hydrogen (secondary N) is 3. The molecule has 3 amide bonds. The molecule has 0 saturated carbocycles. The molecule has 0 radical (unpaired) electrons. The lowest BCUT2D eigenvalue weighted by Gasteiger charge is -2.17. The van der Waals surface area contributed by atoms with Gasteiger partial charge in [-0.1, -0.05) is 30.3 Å². The molecule has 3 aromatic rings. The molecule has 3 N–H and O–H groups in total. The number of hydrogen-bond acceptors (Lipinski definition) is 8. The Bertz CT molecular complexity index is 1200. The van der Waals surface area contributed by atoms with Gasteiger partial charge in [-0.25, -0.2) is 4.79 Å². The monoisotopic (exact) mass is 495 g/mol. The number of carbonyl (C=O) groups is 4. The van der Waals surface area contributed by atoms with Crippen molar-refractivity contribution in [2.45, 2.75) is 12.5 Å². The van der Waals surface area contributed by atoms with E-state index >= 15 is 0 Å². The molecular formula is C25H25N3O8. The van der Waals surface area contributed by atoms with Gasteiger partial charge >= 0.3 is 5.97 Å². The van der Waals surface area contributed by atoms with E-state index in [1.54, 1.807) is 36.4 Å². The molecule has 0 spiro atoms. The maximum absolute atomic E-state index is 12.7. The molecular weight excluding hydrogens is 470 g/mol. The van der Waals surface area contributed by atoms with Crippen LogP contribution in [0.4, 0.5) is 0 Å². The lowest BCUT2D eigenvalue weighted by Crippen LogP contribution is -2.46. The number of benzene rings is 2. The normalized spacial score (nSPS) is 11.1. The van der Waals surface area contributed by atoms with Crippen molar-refractivity contribution in [2.24, 2.45) is 0 Å². The molecule has 3 rings (SSSR count). The fourth-order valence-electron chi connectivity index (χ4n) is 3.13. The van der Waals surface area contributed by atoms with E-state index in [9.17, 15) is 19.2 Å². The third kappa shape index (κ3) is 7.10. The zero-order valence-electron chi connectivity index (χ0n) is 19.6. The number of amides is 3.